The fourth-order valence-corrected chi connectivity index (χ4v) is 9.06. The van der Waals surface area contributed by atoms with Crippen LogP contribution in [-0.2, 0) is 21.1 Å². The van der Waals surface area contributed by atoms with E-state index in [0.29, 0.717) is 12.3 Å². The van der Waals surface area contributed by atoms with Gasteiger partial charge in [-0.1, -0.05) is 36.7 Å². The van der Waals surface area contributed by atoms with Crippen LogP contribution >= 0.6 is 11.8 Å². The van der Waals surface area contributed by atoms with E-state index in [4.69, 9.17) is 0 Å². The summed E-state index contributed by atoms with van der Waals surface area (Å²) in [6.07, 6.45) is 7.01. The number of nitrogens with one attached hydrogen (secondary N) is 2. The van der Waals surface area contributed by atoms with Crippen LogP contribution in [0.4, 0.5) is 5.69 Å². The lowest BCUT2D eigenvalue weighted by Gasteiger charge is -2.23. The van der Waals surface area contributed by atoms with Crippen molar-refractivity contribution in [3.63, 3.8) is 0 Å². The first-order valence-electron chi connectivity index (χ1n) is 11.8. The SMILES string of the molecule is O=C(Cc1ccc(NC2=N[C@@H]3CS(=O)(=O)C[C@H]3S2)cc1)NC[C@H]1CCN(C2CCCC2)C1. The molecule has 9 heteroatoms. The van der Waals surface area contributed by atoms with Crippen molar-refractivity contribution < 1.29 is 13.2 Å². The summed E-state index contributed by atoms with van der Waals surface area (Å²) in [5.41, 5.74) is 1.89. The molecule has 1 aromatic rings. The fourth-order valence-electron chi connectivity index (χ4n) is 5.38. The number of likely N-dealkylation sites (tertiary alicyclic amines) is 1. The number of rotatable bonds is 6. The van der Waals surface area contributed by atoms with Gasteiger partial charge in [-0.05, 0) is 49.4 Å². The summed E-state index contributed by atoms with van der Waals surface area (Å²) in [5.74, 6) is 1.02. The number of carbonyl (C=O) groups excluding carboxylic acids is 1. The van der Waals surface area contributed by atoms with Crippen molar-refractivity contribution in [1.82, 2.24) is 10.2 Å². The summed E-state index contributed by atoms with van der Waals surface area (Å²) in [6.45, 7) is 3.08. The molecule has 3 atom stereocenters. The molecule has 1 aromatic carbocycles. The Morgan fingerprint density at radius 2 is 1.91 bits per heavy atom. The molecule has 7 nitrogen and oxygen atoms in total. The maximum Gasteiger partial charge on any atom is 0.224 e. The van der Waals surface area contributed by atoms with E-state index in [2.05, 4.69) is 20.5 Å². The van der Waals surface area contributed by atoms with E-state index in [1.807, 2.05) is 24.3 Å². The number of anilines is 1. The van der Waals surface area contributed by atoms with Crippen LogP contribution in [0, 0.1) is 5.92 Å². The van der Waals surface area contributed by atoms with Gasteiger partial charge in [0.15, 0.2) is 15.0 Å². The number of nitrogens with zero attached hydrogens (tertiary/aromatic N) is 2. The first-order valence-corrected chi connectivity index (χ1v) is 14.5. The zero-order valence-electron chi connectivity index (χ0n) is 18.3. The largest absolute Gasteiger partial charge is 0.355 e. The predicted octanol–water partition coefficient (Wildman–Crippen LogP) is 2.29. The summed E-state index contributed by atoms with van der Waals surface area (Å²) in [5, 5.41) is 7.23. The van der Waals surface area contributed by atoms with E-state index in [0.717, 1.165) is 35.5 Å². The molecule has 3 heterocycles. The second kappa shape index (κ2) is 9.35. The number of hydrogen-bond acceptors (Lipinski definition) is 7. The molecule has 5 rings (SSSR count). The van der Waals surface area contributed by atoms with Gasteiger partial charge in [0.25, 0.3) is 0 Å². The predicted molar refractivity (Wildman–Crippen MR) is 130 cm³/mol. The van der Waals surface area contributed by atoms with Gasteiger partial charge in [0, 0.05) is 30.1 Å². The van der Waals surface area contributed by atoms with Gasteiger partial charge in [-0.3, -0.25) is 9.79 Å². The molecular formula is C23H32N4O3S2. The second-order valence-electron chi connectivity index (χ2n) is 9.63. The lowest BCUT2D eigenvalue weighted by molar-refractivity contribution is -0.120. The fraction of sp³-hybridized carbons (Fsp3) is 0.652. The third-order valence-corrected chi connectivity index (χ3v) is 10.3. The van der Waals surface area contributed by atoms with Gasteiger partial charge < -0.3 is 15.5 Å². The monoisotopic (exact) mass is 476 g/mol. The number of aliphatic imine (C=N–C) groups is 1. The van der Waals surface area contributed by atoms with Gasteiger partial charge in [-0.15, -0.1) is 0 Å². The molecule has 1 amide bonds. The Balaban J connectivity index is 1.05. The van der Waals surface area contributed by atoms with Crippen LogP contribution in [0.15, 0.2) is 29.3 Å². The minimum atomic E-state index is -2.93. The molecule has 0 bridgehead atoms. The molecule has 32 heavy (non-hydrogen) atoms. The number of carbonyl (C=O) groups is 1. The topological polar surface area (TPSA) is 90.9 Å². The standard InChI is InChI=1S/C23H32N4O3S2/c28-22(24-12-17-9-10-27(13-17)19-3-1-2-4-19)11-16-5-7-18(8-6-16)25-23-26-20-14-32(29,30)15-21(20)31-23/h5-8,17,19-21H,1-4,9-15H2,(H,24,28)(H,25,26)/t17-,20-,21-/m1/s1. The van der Waals surface area contributed by atoms with Crippen molar-refractivity contribution in [3.8, 4) is 0 Å². The summed E-state index contributed by atoms with van der Waals surface area (Å²) >= 11 is 1.51. The highest BCUT2D eigenvalue weighted by molar-refractivity contribution is 8.15. The quantitative estimate of drug-likeness (QED) is 0.655. The van der Waals surface area contributed by atoms with Crippen LogP contribution < -0.4 is 10.6 Å². The van der Waals surface area contributed by atoms with Crippen molar-refractivity contribution in [2.24, 2.45) is 10.9 Å². The average Bonchev–Trinajstić information content (AvgIpc) is 3.51. The Hall–Kier alpha value is -1.58. The van der Waals surface area contributed by atoms with Gasteiger partial charge in [0.2, 0.25) is 5.91 Å². The summed E-state index contributed by atoms with van der Waals surface area (Å²) < 4.78 is 23.4. The van der Waals surface area contributed by atoms with Crippen molar-refractivity contribution in [2.75, 3.05) is 36.5 Å². The number of thioether (sulfide) groups is 1. The van der Waals surface area contributed by atoms with E-state index >= 15 is 0 Å². The van der Waals surface area contributed by atoms with Crippen molar-refractivity contribution in [2.45, 2.75) is 55.9 Å². The van der Waals surface area contributed by atoms with Crippen LogP contribution in [0.2, 0.25) is 0 Å². The number of benzene rings is 1. The van der Waals surface area contributed by atoms with Crippen LogP contribution in [0.1, 0.15) is 37.7 Å². The maximum atomic E-state index is 12.4. The highest BCUT2D eigenvalue weighted by Crippen LogP contribution is 2.34. The molecule has 0 unspecified atom stereocenters. The smallest absolute Gasteiger partial charge is 0.224 e. The molecule has 0 aromatic heterocycles. The third kappa shape index (κ3) is 5.31. The zero-order valence-corrected chi connectivity index (χ0v) is 20.0. The first-order chi connectivity index (χ1) is 15.4. The van der Waals surface area contributed by atoms with Crippen LogP contribution in [0.3, 0.4) is 0 Å². The molecule has 0 spiro atoms. The Bertz CT molecular complexity index is 973. The van der Waals surface area contributed by atoms with Gasteiger partial charge in [-0.25, -0.2) is 8.42 Å². The molecule has 3 aliphatic heterocycles. The van der Waals surface area contributed by atoms with E-state index in [-0.39, 0.29) is 28.7 Å². The molecule has 3 fully saturated rings. The summed E-state index contributed by atoms with van der Waals surface area (Å²) in [4.78, 5) is 19.6. The Morgan fingerprint density at radius 3 is 2.66 bits per heavy atom. The van der Waals surface area contributed by atoms with Gasteiger partial charge >= 0.3 is 0 Å². The molecular weight excluding hydrogens is 444 g/mol. The Morgan fingerprint density at radius 1 is 1.12 bits per heavy atom. The van der Waals surface area contributed by atoms with E-state index in [1.165, 1.54) is 50.4 Å². The van der Waals surface area contributed by atoms with E-state index in [9.17, 15) is 13.2 Å². The van der Waals surface area contributed by atoms with E-state index < -0.39 is 9.84 Å². The lowest BCUT2D eigenvalue weighted by atomic mass is 10.1. The Labute approximate surface area is 194 Å². The highest BCUT2D eigenvalue weighted by atomic mass is 32.2. The number of fused-ring (bicyclic) bond motifs is 1. The average molecular weight is 477 g/mol. The van der Waals surface area contributed by atoms with Crippen LogP contribution in [-0.4, -0.2) is 72.9 Å². The van der Waals surface area contributed by atoms with E-state index in [1.54, 1.807) is 0 Å². The summed E-state index contributed by atoms with van der Waals surface area (Å²) in [7, 11) is -2.93. The molecule has 174 valence electrons. The first kappa shape index (κ1) is 22.2. The maximum absolute atomic E-state index is 12.4. The molecule has 1 saturated carbocycles. The highest BCUT2D eigenvalue weighted by Gasteiger charge is 2.42. The van der Waals surface area contributed by atoms with Gasteiger partial charge in [-0.2, -0.15) is 0 Å². The van der Waals surface area contributed by atoms with Crippen molar-refractivity contribution in [1.29, 1.82) is 0 Å². The molecule has 1 aliphatic carbocycles. The second-order valence-corrected chi connectivity index (χ2v) is 13.0. The number of amides is 1. The van der Waals surface area contributed by atoms with Crippen molar-refractivity contribution >= 4 is 38.4 Å². The lowest BCUT2D eigenvalue weighted by Crippen LogP contribution is -2.34. The van der Waals surface area contributed by atoms with Crippen LogP contribution in [0.25, 0.3) is 0 Å². The van der Waals surface area contributed by atoms with Gasteiger partial charge in [0.1, 0.15) is 0 Å². The summed E-state index contributed by atoms with van der Waals surface area (Å²) in [6, 6.07) is 8.49. The molecule has 4 aliphatic rings. The molecule has 2 saturated heterocycles. The molecule has 2 N–H and O–H groups in total. The minimum Gasteiger partial charge on any atom is -0.355 e. The minimum absolute atomic E-state index is 0.0376. The number of hydrogen-bond donors (Lipinski definition) is 2. The third-order valence-electron chi connectivity index (χ3n) is 7.13. The van der Waals surface area contributed by atoms with Crippen LogP contribution in [0.5, 0.6) is 0 Å². The zero-order chi connectivity index (χ0) is 22.1. The number of sulfone groups is 1. The van der Waals surface area contributed by atoms with Gasteiger partial charge in [0.05, 0.1) is 24.0 Å². The normalized spacial score (nSPS) is 29.8. The molecule has 0 radical (unpaired) electrons. The van der Waals surface area contributed by atoms with Crippen molar-refractivity contribution in [3.05, 3.63) is 29.8 Å². The number of amidine groups is 1. The Kier molecular flexibility index (Phi) is 6.49.